The lowest BCUT2D eigenvalue weighted by molar-refractivity contribution is -0.265. The third-order valence-electron chi connectivity index (χ3n) is 15.9. The molecular formula is C58H85N3O14. The fourth-order valence-electron chi connectivity index (χ4n) is 11.1. The highest BCUT2D eigenvalue weighted by Gasteiger charge is 2.53. The van der Waals surface area contributed by atoms with Crippen molar-refractivity contribution in [2.45, 2.75) is 187 Å². The minimum atomic E-state index is -2.46. The van der Waals surface area contributed by atoms with E-state index in [1.54, 1.807) is 59.4 Å². The minimum absolute atomic E-state index is 0.00176. The van der Waals surface area contributed by atoms with Crippen molar-refractivity contribution in [1.29, 1.82) is 0 Å². The van der Waals surface area contributed by atoms with E-state index < -0.39 is 102 Å². The van der Waals surface area contributed by atoms with E-state index in [0.717, 1.165) is 5.57 Å². The molecule has 4 heterocycles. The van der Waals surface area contributed by atoms with Gasteiger partial charge in [-0.3, -0.25) is 24.2 Å². The predicted molar refractivity (Wildman–Crippen MR) is 280 cm³/mol. The Labute approximate surface area is 444 Å². The van der Waals surface area contributed by atoms with Gasteiger partial charge in [0.1, 0.15) is 36.2 Å². The standard InChI is InChI=1S/C58H85N3O14/c1-35-18-12-11-13-19-36(2)48(70-8)32-44-24-22-41(7)58(69,75-44)54(65)55(66)61-27-17-15-21-45(61)56(67)73-49(33-46(62)37(3)29-40(6)52(64)53(72-10)51(63)39(5)28-35)38(4)30-42-23-25-47(50(31-42)71-9)74-57(68)60-34-43-20-14-16-26-59-43/h11-14,16,18-20,26,29,35,37-39,41-42,44-45,47-50,52-53,64,69H,15,17,21-25,27-28,30-34H2,1-10H3,(H,60,68)/b13-11?,18-12+,36-19?,40-29+/t35-,37-,38-,39-,41-,42+,44+,45+,47-,48+,49+,50-,52-,53+,58-/m1/s1. The van der Waals surface area contributed by atoms with Crippen molar-refractivity contribution in [3.05, 3.63) is 77.7 Å². The highest BCUT2D eigenvalue weighted by molar-refractivity contribution is 6.39. The number of ketones is 3. The summed E-state index contributed by atoms with van der Waals surface area (Å²) in [6, 6.07) is 4.24. The largest absolute Gasteiger partial charge is 0.460 e. The lowest BCUT2D eigenvalue weighted by Gasteiger charge is -2.42. The molecule has 17 nitrogen and oxygen atoms in total. The first-order valence-electron chi connectivity index (χ1n) is 27.0. The van der Waals surface area contributed by atoms with Crippen molar-refractivity contribution in [1.82, 2.24) is 15.2 Å². The Morgan fingerprint density at radius 3 is 2.35 bits per heavy atom. The van der Waals surface area contributed by atoms with Gasteiger partial charge in [-0.05, 0) is 119 Å². The highest BCUT2D eigenvalue weighted by Crippen LogP contribution is 2.38. The van der Waals surface area contributed by atoms with Gasteiger partial charge in [-0.15, -0.1) is 0 Å². The summed E-state index contributed by atoms with van der Waals surface area (Å²) in [5, 5.41) is 26.3. The Morgan fingerprint density at radius 1 is 0.893 bits per heavy atom. The van der Waals surface area contributed by atoms with Gasteiger partial charge in [0, 0.05) is 64.7 Å². The summed E-state index contributed by atoms with van der Waals surface area (Å²) >= 11 is 0. The molecule has 17 heteroatoms. The number of piperidine rings is 1. The molecule has 1 aromatic heterocycles. The number of carbonyl (C=O) groups is 6. The zero-order valence-electron chi connectivity index (χ0n) is 45.9. The van der Waals surface area contributed by atoms with Crippen molar-refractivity contribution in [2.75, 3.05) is 27.9 Å². The summed E-state index contributed by atoms with van der Waals surface area (Å²) in [4.78, 5) is 89.7. The van der Waals surface area contributed by atoms with Gasteiger partial charge < -0.3 is 48.9 Å². The lowest BCUT2D eigenvalue weighted by atomic mass is 9.78. The quantitative estimate of drug-likeness (QED) is 0.124. The van der Waals surface area contributed by atoms with Crippen LogP contribution in [-0.2, 0) is 58.9 Å². The van der Waals surface area contributed by atoms with Crippen LogP contribution in [0.3, 0.4) is 0 Å². The van der Waals surface area contributed by atoms with Crippen LogP contribution in [0.2, 0.25) is 0 Å². The van der Waals surface area contributed by atoms with Gasteiger partial charge >= 0.3 is 12.1 Å². The smallest absolute Gasteiger partial charge is 0.407 e. The number of allylic oxidation sites excluding steroid dienone is 6. The molecule has 2 bridgehead atoms. The number of alkyl carbamates (subject to hydrolysis) is 1. The number of Topliss-reactive ketones (excluding diaryl/α,β-unsaturated/α-hetero) is 3. The van der Waals surface area contributed by atoms with Gasteiger partial charge in [0.15, 0.2) is 5.78 Å². The molecule has 0 radical (unpaired) electrons. The van der Waals surface area contributed by atoms with Gasteiger partial charge in [-0.2, -0.15) is 0 Å². The molecule has 75 heavy (non-hydrogen) atoms. The van der Waals surface area contributed by atoms with E-state index in [1.807, 2.05) is 64.1 Å². The molecule has 2 amide bonds. The first-order chi connectivity index (χ1) is 35.7. The molecule has 3 aliphatic heterocycles. The van der Waals surface area contributed by atoms with Crippen LogP contribution in [0.5, 0.6) is 0 Å². The molecule has 3 fully saturated rings. The maximum atomic E-state index is 14.6. The maximum Gasteiger partial charge on any atom is 0.407 e. The third kappa shape index (κ3) is 16.8. The Balaban J connectivity index is 1.42. The van der Waals surface area contributed by atoms with Gasteiger partial charge in [0.05, 0.1) is 30.6 Å². The molecule has 3 N–H and O–H groups in total. The molecule has 0 spiro atoms. The van der Waals surface area contributed by atoms with Crippen LogP contribution in [0.4, 0.5) is 4.79 Å². The van der Waals surface area contributed by atoms with E-state index in [0.29, 0.717) is 75.5 Å². The maximum absolute atomic E-state index is 14.6. The number of aromatic nitrogens is 1. The number of aliphatic hydroxyl groups excluding tert-OH is 1. The number of hydrogen-bond donors (Lipinski definition) is 3. The second kappa shape index (κ2) is 29.0. The van der Waals surface area contributed by atoms with Crippen molar-refractivity contribution >= 4 is 35.3 Å². The number of nitrogens with zero attached hydrogens (tertiary/aromatic N) is 2. The number of cyclic esters (lactones) is 1. The summed E-state index contributed by atoms with van der Waals surface area (Å²) in [5.74, 6) is -8.36. The number of pyridine rings is 1. The van der Waals surface area contributed by atoms with Crippen LogP contribution in [0.25, 0.3) is 0 Å². The number of nitrogens with one attached hydrogen (secondary N) is 1. The topological polar surface area (TPSA) is 226 Å². The number of aliphatic hydroxyl groups is 2. The molecule has 5 rings (SSSR count). The molecule has 1 saturated carbocycles. The number of methoxy groups -OCH3 is 3. The van der Waals surface area contributed by atoms with E-state index in [9.17, 15) is 39.0 Å². The SMILES string of the molecule is CO[C@H]1C[C@@H]2CC[C@@H](C)[C@@](O)(O2)C(=O)C(=O)N2CCCC[C@H]2C(=O)O[C@H]([C@H](C)C[C@@H]2CC[C@@H](OC(=O)NCc3ccccn3)[C@H](OC)C2)CC(=O)[C@H](C)/C=C(\C)[C@@H](O)[C@@H](OC)C(=O)[C@H](C)C[C@H](C)/C=C/C=CC=C1C. The van der Waals surface area contributed by atoms with E-state index >= 15 is 0 Å². The molecule has 2 saturated heterocycles. The van der Waals surface area contributed by atoms with Gasteiger partial charge in [-0.1, -0.05) is 77.1 Å². The summed E-state index contributed by atoms with van der Waals surface area (Å²) in [5.41, 5.74) is 1.92. The van der Waals surface area contributed by atoms with Gasteiger partial charge in [0.25, 0.3) is 11.7 Å². The second-order valence-corrected chi connectivity index (χ2v) is 21.6. The predicted octanol–water partition coefficient (Wildman–Crippen LogP) is 7.51. The number of amides is 2. The molecular weight excluding hydrogens is 963 g/mol. The lowest BCUT2D eigenvalue weighted by Crippen LogP contribution is -2.61. The van der Waals surface area contributed by atoms with E-state index in [4.69, 9.17) is 28.4 Å². The molecule has 1 aliphatic carbocycles. The van der Waals surface area contributed by atoms with Crippen LogP contribution in [0.1, 0.15) is 131 Å². The van der Waals surface area contributed by atoms with Crippen LogP contribution < -0.4 is 5.32 Å². The zero-order valence-corrected chi connectivity index (χ0v) is 45.9. The van der Waals surface area contributed by atoms with Crippen molar-refractivity contribution in [3.8, 4) is 0 Å². The molecule has 1 aromatic rings. The summed E-state index contributed by atoms with van der Waals surface area (Å²) in [6.07, 6.45) is 11.6. The van der Waals surface area contributed by atoms with E-state index in [1.165, 1.54) is 12.0 Å². The van der Waals surface area contributed by atoms with Crippen molar-refractivity contribution < 1.29 is 67.4 Å². The summed E-state index contributed by atoms with van der Waals surface area (Å²) in [6.45, 7) is 12.9. The van der Waals surface area contributed by atoms with Crippen molar-refractivity contribution in [3.63, 3.8) is 0 Å². The normalized spacial score (nSPS) is 35.3. The fourth-order valence-corrected chi connectivity index (χ4v) is 11.1. The highest BCUT2D eigenvalue weighted by atomic mass is 16.6. The number of esters is 1. The first-order valence-corrected chi connectivity index (χ1v) is 27.0. The Bertz CT molecular complexity index is 2210. The van der Waals surface area contributed by atoms with Crippen LogP contribution in [-0.4, -0.2) is 138 Å². The van der Waals surface area contributed by atoms with Gasteiger partial charge in [-0.25, -0.2) is 9.59 Å². The number of hydrogen-bond acceptors (Lipinski definition) is 15. The van der Waals surface area contributed by atoms with E-state index in [-0.39, 0.29) is 49.3 Å². The fraction of sp³-hybridized carbons (Fsp3) is 0.672. The van der Waals surface area contributed by atoms with Crippen LogP contribution in [0, 0.1) is 35.5 Å². The van der Waals surface area contributed by atoms with Crippen molar-refractivity contribution in [2.24, 2.45) is 35.5 Å². The Kier molecular flexibility index (Phi) is 23.6. The molecule has 0 aromatic carbocycles. The average molecular weight is 1050 g/mol. The number of carbonyl (C=O) groups excluding carboxylic acids is 6. The first kappa shape index (κ1) is 60.9. The molecule has 4 aliphatic rings. The van der Waals surface area contributed by atoms with E-state index in [2.05, 4.69) is 10.3 Å². The van der Waals surface area contributed by atoms with Crippen LogP contribution in [0.15, 0.2) is 72.0 Å². The molecule has 416 valence electrons. The Hall–Kier alpha value is -4.91. The number of rotatable bonds is 9. The number of fused-ring (bicyclic) bond motifs is 3. The monoisotopic (exact) mass is 1050 g/mol. The van der Waals surface area contributed by atoms with Crippen LogP contribution >= 0.6 is 0 Å². The average Bonchev–Trinajstić information content (AvgIpc) is 3.40. The summed E-state index contributed by atoms with van der Waals surface area (Å²) in [7, 11) is 4.51. The van der Waals surface area contributed by atoms with Gasteiger partial charge in [0.2, 0.25) is 5.79 Å². The Morgan fingerprint density at radius 2 is 1.65 bits per heavy atom. The third-order valence-corrected chi connectivity index (χ3v) is 15.9. The minimum Gasteiger partial charge on any atom is -0.460 e. The molecule has 0 unspecified atom stereocenters. The summed E-state index contributed by atoms with van der Waals surface area (Å²) < 4.78 is 35.6. The molecule has 15 atom stereocenters. The second-order valence-electron chi connectivity index (χ2n) is 21.6. The number of ether oxygens (including phenoxy) is 6. The zero-order chi connectivity index (χ0) is 55.0.